The van der Waals surface area contributed by atoms with Crippen LogP contribution in [0.15, 0.2) is 18.3 Å². The minimum atomic E-state index is 0.117. The zero-order chi connectivity index (χ0) is 12.7. The summed E-state index contributed by atoms with van der Waals surface area (Å²) >= 11 is 0. The summed E-state index contributed by atoms with van der Waals surface area (Å²) in [6, 6.07) is 4.05. The van der Waals surface area contributed by atoms with Crippen LogP contribution in [-0.2, 0) is 4.74 Å². The van der Waals surface area contributed by atoms with E-state index in [0.29, 0.717) is 12.5 Å². The van der Waals surface area contributed by atoms with Crippen molar-refractivity contribution in [2.24, 2.45) is 0 Å². The topological polar surface area (TPSA) is 43.4 Å². The summed E-state index contributed by atoms with van der Waals surface area (Å²) in [5, 5.41) is 3.38. The lowest BCUT2D eigenvalue weighted by atomic mass is 10.1. The first-order valence-electron chi connectivity index (χ1n) is 6.02. The first kappa shape index (κ1) is 13.9. The molecule has 4 nitrogen and oxygen atoms in total. The maximum atomic E-state index is 5.66. The summed E-state index contributed by atoms with van der Waals surface area (Å²) in [6.45, 7) is 7.63. The highest BCUT2D eigenvalue weighted by atomic mass is 16.5. The molecular formula is C13H22N2O2. The summed E-state index contributed by atoms with van der Waals surface area (Å²) in [5.74, 6) is 0.658. The number of rotatable bonds is 7. The Bertz CT molecular complexity index is 329. The van der Waals surface area contributed by atoms with E-state index < -0.39 is 0 Å². The van der Waals surface area contributed by atoms with Crippen LogP contribution >= 0.6 is 0 Å². The van der Waals surface area contributed by atoms with Crippen molar-refractivity contribution in [3.05, 3.63) is 23.9 Å². The average Bonchev–Trinajstić information content (AvgIpc) is 2.34. The fraction of sp³-hybridized carbons (Fsp3) is 0.615. The van der Waals surface area contributed by atoms with E-state index >= 15 is 0 Å². The number of ether oxygens (including phenoxy) is 2. The van der Waals surface area contributed by atoms with Crippen molar-refractivity contribution in [3.63, 3.8) is 0 Å². The number of likely N-dealkylation sites (N-methyl/N-ethyl adjacent to an activating group) is 1. The van der Waals surface area contributed by atoms with Crippen LogP contribution in [0.25, 0.3) is 0 Å². The van der Waals surface area contributed by atoms with E-state index in [-0.39, 0.29) is 12.1 Å². The Morgan fingerprint density at radius 3 is 2.76 bits per heavy atom. The van der Waals surface area contributed by atoms with Crippen LogP contribution in [-0.4, -0.2) is 31.3 Å². The Labute approximate surface area is 103 Å². The summed E-state index contributed by atoms with van der Waals surface area (Å²) in [5.41, 5.74) is 1.04. The number of methoxy groups -OCH3 is 1. The van der Waals surface area contributed by atoms with Crippen LogP contribution in [0.1, 0.15) is 32.4 Å². The number of hydrogen-bond donors (Lipinski definition) is 1. The molecule has 0 saturated heterocycles. The van der Waals surface area contributed by atoms with Crippen molar-refractivity contribution < 1.29 is 9.47 Å². The zero-order valence-electron chi connectivity index (χ0n) is 11.1. The quantitative estimate of drug-likeness (QED) is 0.790. The standard InChI is InChI=1S/C13H22N2O2/c1-5-14-12(9-17-10(2)3)11-7-6-8-15-13(11)16-4/h6-8,10,12,14H,5,9H2,1-4H3. The monoisotopic (exact) mass is 238 g/mol. The van der Waals surface area contributed by atoms with Crippen molar-refractivity contribution in [3.8, 4) is 5.88 Å². The molecule has 0 amide bonds. The fourth-order valence-electron chi connectivity index (χ4n) is 1.63. The Morgan fingerprint density at radius 2 is 2.18 bits per heavy atom. The molecule has 96 valence electrons. The van der Waals surface area contributed by atoms with Gasteiger partial charge in [-0.3, -0.25) is 0 Å². The van der Waals surface area contributed by atoms with Crippen LogP contribution in [0, 0.1) is 0 Å². The summed E-state index contributed by atoms with van der Waals surface area (Å²) in [7, 11) is 1.64. The van der Waals surface area contributed by atoms with E-state index in [9.17, 15) is 0 Å². The molecule has 1 unspecified atom stereocenters. The Morgan fingerprint density at radius 1 is 1.41 bits per heavy atom. The number of pyridine rings is 1. The lowest BCUT2D eigenvalue weighted by Gasteiger charge is -2.21. The third-order valence-electron chi connectivity index (χ3n) is 2.42. The molecule has 0 radical (unpaired) electrons. The largest absolute Gasteiger partial charge is 0.481 e. The second-order valence-electron chi connectivity index (χ2n) is 4.09. The average molecular weight is 238 g/mol. The predicted molar refractivity (Wildman–Crippen MR) is 68.3 cm³/mol. The van der Waals surface area contributed by atoms with E-state index in [2.05, 4.69) is 17.2 Å². The molecular weight excluding hydrogens is 216 g/mol. The van der Waals surface area contributed by atoms with Crippen LogP contribution < -0.4 is 10.1 Å². The van der Waals surface area contributed by atoms with Crippen molar-refractivity contribution in [2.45, 2.75) is 32.9 Å². The van der Waals surface area contributed by atoms with Gasteiger partial charge in [-0.1, -0.05) is 13.0 Å². The van der Waals surface area contributed by atoms with Gasteiger partial charge in [-0.15, -0.1) is 0 Å². The highest BCUT2D eigenvalue weighted by Crippen LogP contribution is 2.22. The maximum Gasteiger partial charge on any atom is 0.217 e. The molecule has 1 aromatic heterocycles. The number of nitrogens with one attached hydrogen (secondary N) is 1. The van der Waals surface area contributed by atoms with E-state index in [1.54, 1.807) is 13.3 Å². The van der Waals surface area contributed by atoms with Gasteiger partial charge in [-0.25, -0.2) is 4.98 Å². The van der Waals surface area contributed by atoms with Gasteiger partial charge in [0.15, 0.2) is 0 Å². The number of aromatic nitrogens is 1. The SMILES string of the molecule is CCNC(COC(C)C)c1cccnc1OC. The second kappa shape index (κ2) is 7.25. The smallest absolute Gasteiger partial charge is 0.217 e. The third-order valence-corrected chi connectivity index (χ3v) is 2.42. The zero-order valence-corrected chi connectivity index (χ0v) is 11.1. The van der Waals surface area contributed by atoms with E-state index in [1.165, 1.54) is 0 Å². The molecule has 1 aromatic rings. The summed E-state index contributed by atoms with van der Waals surface area (Å²) in [4.78, 5) is 4.21. The van der Waals surface area contributed by atoms with Gasteiger partial charge in [0.25, 0.3) is 0 Å². The van der Waals surface area contributed by atoms with Gasteiger partial charge >= 0.3 is 0 Å². The molecule has 0 bridgehead atoms. The highest BCUT2D eigenvalue weighted by Gasteiger charge is 2.16. The van der Waals surface area contributed by atoms with Crippen molar-refractivity contribution >= 4 is 0 Å². The van der Waals surface area contributed by atoms with Crippen LogP contribution in [0.5, 0.6) is 5.88 Å². The molecule has 0 aliphatic rings. The van der Waals surface area contributed by atoms with Crippen molar-refractivity contribution in [2.75, 3.05) is 20.3 Å². The third kappa shape index (κ3) is 4.32. The lowest BCUT2D eigenvalue weighted by Crippen LogP contribution is -2.27. The molecule has 0 aromatic carbocycles. The van der Waals surface area contributed by atoms with Gasteiger partial charge < -0.3 is 14.8 Å². The number of nitrogens with zero attached hydrogens (tertiary/aromatic N) is 1. The van der Waals surface area contributed by atoms with E-state index in [1.807, 2.05) is 26.0 Å². The van der Waals surface area contributed by atoms with Crippen LogP contribution in [0.4, 0.5) is 0 Å². The van der Waals surface area contributed by atoms with Crippen molar-refractivity contribution in [1.29, 1.82) is 0 Å². The molecule has 1 heterocycles. The summed E-state index contributed by atoms with van der Waals surface area (Å²) < 4.78 is 10.9. The van der Waals surface area contributed by atoms with Crippen LogP contribution in [0.3, 0.4) is 0 Å². The predicted octanol–water partition coefficient (Wildman–Crippen LogP) is 2.17. The lowest BCUT2D eigenvalue weighted by molar-refractivity contribution is 0.0608. The molecule has 0 aliphatic heterocycles. The van der Waals surface area contributed by atoms with Gasteiger partial charge in [0.05, 0.1) is 25.9 Å². The molecule has 17 heavy (non-hydrogen) atoms. The van der Waals surface area contributed by atoms with E-state index in [4.69, 9.17) is 9.47 Å². The molecule has 0 saturated carbocycles. The molecule has 0 fully saturated rings. The minimum absolute atomic E-state index is 0.117. The molecule has 4 heteroatoms. The molecule has 0 aliphatic carbocycles. The second-order valence-corrected chi connectivity index (χ2v) is 4.09. The maximum absolute atomic E-state index is 5.66. The van der Waals surface area contributed by atoms with E-state index in [0.717, 1.165) is 12.1 Å². The van der Waals surface area contributed by atoms with Crippen LogP contribution in [0.2, 0.25) is 0 Å². The first-order chi connectivity index (χ1) is 8.19. The molecule has 1 N–H and O–H groups in total. The minimum Gasteiger partial charge on any atom is -0.481 e. The van der Waals surface area contributed by atoms with Crippen molar-refractivity contribution in [1.82, 2.24) is 10.3 Å². The Balaban J connectivity index is 2.80. The fourth-order valence-corrected chi connectivity index (χ4v) is 1.63. The normalized spacial score (nSPS) is 12.8. The summed E-state index contributed by atoms with van der Waals surface area (Å²) in [6.07, 6.45) is 1.95. The molecule has 1 atom stereocenters. The first-order valence-corrected chi connectivity index (χ1v) is 6.02. The van der Waals surface area contributed by atoms with Gasteiger partial charge in [-0.05, 0) is 26.5 Å². The number of hydrogen-bond acceptors (Lipinski definition) is 4. The molecule has 0 spiro atoms. The Kier molecular flexibility index (Phi) is 5.94. The van der Waals surface area contributed by atoms with Gasteiger partial charge in [-0.2, -0.15) is 0 Å². The van der Waals surface area contributed by atoms with Gasteiger partial charge in [0.1, 0.15) is 0 Å². The van der Waals surface area contributed by atoms with Gasteiger partial charge in [0, 0.05) is 11.8 Å². The molecule has 1 rings (SSSR count). The Hall–Kier alpha value is -1.13. The van der Waals surface area contributed by atoms with Gasteiger partial charge in [0.2, 0.25) is 5.88 Å². The highest BCUT2D eigenvalue weighted by molar-refractivity contribution is 5.29.